The lowest BCUT2D eigenvalue weighted by Gasteiger charge is -2.16. The predicted octanol–water partition coefficient (Wildman–Crippen LogP) is 4.20. The van der Waals surface area contributed by atoms with Crippen LogP contribution >= 0.6 is 23.1 Å². The molecule has 0 fully saturated rings. The van der Waals surface area contributed by atoms with E-state index in [1.165, 1.54) is 16.6 Å². The molecule has 30 heavy (non-hydrogen) atoms. The van der Waals surface area contributed by atoms with E-state index < -0.39 is 0 Å². The third-order valence-corrected chi connectivity index (χ3v) is 6.38. The van der Waals surface area contributed by atoms with Crippen molar-refractivity contribution < 1.29 is 4.79 Å². The minimum absolute atomic E-state index is 0.0631. The lowest BCUT2D eigenvalue weighted by molar-refractivity contribution is -0.127. The van der Waals surface area contributed by atoms with E-state index in [0.717, 1.165) is 22.1 Å². The van der Waals surface area contributed by atoms with Gasteiger partial charge in [0.25, 0.3) is 0 Å². The SMILES string of the molecule is CN(Cc1cccs1)C(=O)CSc1nnc(-c2ccncc2)n1Cc1ccccc1. The summed E-state index contributed by atoms with van der Waals surface area (Å²) in [5.74, 6) is 1.14. The molecule has 4 aromatic rings. The highest BCUT2D eigenvalue weighted by Crippen LogP contribution is 2.25. The van der Waals surface area contributed by atoms with Gasteiger partial charge in [-0.1, -0.05) is 48.2 Å². The van der Waals surface area contributed by atoms with Crippen LogP contribution in [0.25, 0.3) is 11.4 Å². The molecule has 152 valence electrons. The average molecular weight is 436 g/mol. The van der Waals surface area contributed by atoms with Gasteiger partial charge >= 0.3 is 0 Å². The fourth-order valence-corrected chi connectivity index (χ4v) is 4.62. The van der Waals surface area contributed by atoms with Crippen LogP contribution in [0, 0.1) is 0 Å². The van der Waals surface area contributed by atoms with E-state index in [2.05, 4.69) is 31.9 Å². The number of benzene rings is 1. The monoisotopic (exact) mass is 435 g/mol. The summed E-state index contributed by atoms with van der Waals surface area (Å²) in [5.41, 5.74) is 2.09. The quantitative estimate of drug-likeness (QED) is 0.388. The largest absolute Gasteiger partial charge is 0.340 e. The first kappa shape index (κ1) is 20.3. The van der Waals surface area contributed by atoms with Gasteiger partial charge in [-0.05, 0) is 29.1 Å². The fraction of sp³-hybridized carbons (Fsp3) is 0.182. The number of nitrogens with zero attached hydrogens (tertiary/aromatic N) is 5. The highest BCUT2D eigenvalue weighted by atomic mass is 32.2. The molecule has 0 bridgehead atoms. The maximum Gasteiger partial charge on any atom is 0.233 e. The summed E-state index contributed by atoms with van der Waals surface area (Å²) in [4.78, 5) is 19.6. The summed E-state index contributed by atoms with van der Waals surface area (Å²) in [6.45, 7) is 1.25. The molecule has 0 saturated carbocycles. The Bertz CT molecular complexity index is 1080. The van der Waals surface area contributed by atoms with Gasteiger partial charge in [-0.2, -0.15) is 0 Å². The Balaban J connectivity index is 1.52. The lowest BCUT2D eigenvalue weighted by atomic mass is 10.2. The maximum atomic E-state index is 12.6. The minimum Gasteiger partial charge on any atom is -0.340 e. The number of hydrogen-bond acceptors (Lipinski definition) is 6. The second-order valence-electron chi connectivity index (χ2n) is 6.73. The normalized spacial score (nSPS) is 10.8. The zero-order valence-electron chi connectivity index (χ0n) is 16.5. The number of rotatable bonds is 8. The molecule has 3 heterocycles. The van der Waals surface area contributed by atoms with E-state index in [9.17, 15) is 4.79 Å². The second-order valence-corrected chi connectivity index (χ2v) is 8.71. The number of pyridine rings is 1. The van der Waals surface area contributed by atoms with E-state index in [1.54, 1.807) is 28.6 Å². The smallest absolute Gasteiger partial charge is 0.233 e. The molecule has 0 aliphatic heterocycles. The first-order valence-corrected chi connectivity index (χ1v) is 11.3. The number of aromatic nitrogens is 4. The first-order valence-electron chi connectivity index (χ1n) is 9.47. The van der Waals surface area contributed by atoms with Gasteiger partial charge < -0.3 is 4.90 Å². The van der Waals surface area contributed by atoms with Crippen LogP contribution in [-0.4, -0.2) is 43.4 Å². The van der Waals surface area contributed by atoms with Crippen molar-refractivity contribution in [3.63, 3.8) is 0 Å². The molecule has 0 aliphatic rings. The van der Waals surface area contributed by atoms with Crippen molar-refractivity contribution in [3.8, 4) is 11.4 Å². The highest BCUT2D eigenvalue weighted by molar-refractivity contribution is 7.99. The van der Waals surface area contributed by atoms with E-state index >= 15 is 0 Å². The molecule has 0 saturated heterocycles. The van der Waals surface area contributed by atoms with Crippen LogP contribution in [0.4, 0.5) is 0 Å². The minimum atomic E-state index is 0.0631. The third kappa shape index (κ3) is 4.95. The van der Waals surface area contributed by atoms with E-state index in [0.29, 0.717) is 18.8 Å². The van der Waals surface area contributed by atoms with Gasteiger partial charge in [-0.3, -0.25) is 14.3 Å². The predicted molar refractivity (Wildman–Crippen MR) is 120 cm³/mol. The number of thiophene rings is 1. The maximum absolute atomic E-state index is 12.6. The highest BCUT2D eigenvalue weighted by Gasteiger charge is 2.17. The fourth-order valence-electron chi connectivity index (χ4n) is 2.98. The summed E-state index contributed by atoms with van der Waals surface area (Å²) in [5, 5.41) is 11.5. The lowest BCUT2D eigenvalue weighted by Crippen LogP contribution is -2.27. The number of carbonyl (C=O) groups is 1. The molecular formula is C22H21N5OS2. The van der Waals surface area contributed by atoms with Crippen LogP contribution in [-0.2, 0) is 17.9 Å². The van der Waals surface area contributed by atoms with Crippen LogP contribution in [0.2, 0.25) is 0 Å². The number of amides is 1. The molecule has 1 aromatic carbocycles. The van der Waals surface area contributed by atoms with Crippen LogP contribution < -0.4 is 0 Å². The zero-order valence-corrected chi connectivity index (χ0v) is 18.1. The van der Waals surface area contributed by atoms with Crippen molar-refractivity contribution in [1.29, 1.82) is 0 Å². The summed E-state index contributed by atoms with van der Waals surface area (Å²) in [6, 6.07) is 18.1. The van der Waals surface area contributed by atoms with Gasteiger partial charge in [0.15, 0.2) is 11.0 Å². The topological polar surface area (TPSA) is 63.9 Å². The number of thioether (sulfide) groups is 1. The number of carbonyl (C=O) groups excluding carboxylic acids is 1. The molecule has 0 atom stereocenters. The summed E-state index contributed by atoms with van der Waals surface area (Å²) in [7, 11) is 1.83. The van der Waals surface area contributed by atoms with Gasteiger partial charge in [0.1, 0.15) is 0 Å². The van der Waals surface area contributed by atoms with E-state index in [-0.39, 0.29) is 5.91 Å². The molecule has 1 amide bonds. The van der Waals surface area contributed by atoms with Crippen LogP contribution in [0.5, 0.6) is 0 Å². The first-order chi connectivity index (χ1) is 14.7. The van der Waals surface area contributed by atoms with E-state index in [1.807, 2.05) is 54.9 Å². The standard InChI is InChI=1S/C22H21N5OS2/c1-26(15-19-8-5-13-29-19)20(28)16-30-22-25-24-21(18-9-11-23-12-10-18)27(22)14-17-6-3-2-4-7-17/h2-13H,14-16H2,1H3. The molecule has 8 heteroatoms. The Labute approximate surface area is 183 Å². The van der Waals surface area contributed by atoms with Crippen molar-refractivity contribution in [3.05, 3.63) is 82.8 Å². The van der Waals surface area contributed by atoms with Crippen molar-refractivity contribution in [2.24, 2.45) is 0 Å². The summed E-state index contributed by atoms with van der Waals surface area (Å²) >= 11 is 3.07. The molecule has 0 aliphatic carbocycles. The third-order valence-electron chi connectivity index (χ3n) is 4.56. The molecule has 0 spiro atoms. The molecule has 0 radical (unpaired) electrons. The molecule has 4 rings (SSSR count). The number of hydrogen-bond donors (Lipinski definition) is 0. The van der Waals surface area contributed by atoms with Gasteiger partial charge in [-0.25, -0.2) is 0 Å². The summed E-state index contributed by atoms with van der Waals surface area (Å²) < 4.78 is 2.06. The molecule has 0 N–H and O–H groups in total. The Morgan fingerprint density at radius 2 is 1.87 bits per heavy atom. The Hall–Kier alpha value is -2.97. The summed E-state index contributed by atoms with van der Waals surface area (Å²) in [6.07, 6.45) is 3.49. The van der Waals surface area contributed by atoms with Crippen LogP contribution in [0.1, 0.15) is 10.4 Å². The Morgan fingerprint density at radius 1 is 1.07 bits per heavy atom. The van der Waals surface area contributed by atoms with Gasteiger partial charge in [-0.15, -0.1) is 21.5 Å². The van der Waals surface area contributed by atoms with E-state index in [4.69, 9.17) is 0 Å². The molecule has 6 nitrogen and oxygen atoms in total. The van der Waals surface area contributed by atoms with Crippen molar-refractivity contribution in [2.75, 3.05) is 12.8 Å². The van der Waals surface area contributed by atoms with Crippen molar-refractivity contribution in [2.45, 2.75) is 18.2 Å². The van der Waals surface area contributed by atoms with Gasteiger partial charge in [0.05, 0.1) is 18.8 Å². The Morgan fingerprint density at radius 3 is 2.60 bits per heavy atom. The second kappa shape index (κ2) is 9.69. The zero-order chi connectivity index (χ0) is 20.8. The average Bonchev–Trinajstić information content (AvgIpc) is 3.43. The van der Waals surface area contributed by atoms with Gasteiger partial charge in [0, 0.05) is 29.9 Å². The molecule has 3 aromatic heterocycles. The molecular weight excluding hydrogens is 414 g/mol. The van der Waals surface area contributed by atoms with Gasteiger partial charge in [0.2, 0.25) is 5.91 Å². The van der Waals surface area contributed by atoms with Crippen LogP contribution in [0.3, 0.4) is 0 Å². The molecule has 0 unspecified atom stereocenters. The van der Waals surface area contributed by atoms with Crippen LogP contribution in [0.15, 0.2) is 77.5 Å². The Kier molecular flexibility index (Phi) is 6.56. The van der Waals surface area contributed by atoms with Crippen molar-refractivity contribution in [1.82, 2.24) is 24.6 Å². The van der Waals surface area contributed by atoms with Crippen molar-refractivity contribution >= 4 is 29.0 Å².